The van der Waals surface area contributed by atoms with Crippen LogP contribution >= 0.6 is 23.2 Å². The second-order valence-electron chi connectivity index (χ2n) is 11.9. The molecular formula is C29H37Cl2F4N3O4. The van der Waals surface area contributed by atoms with Crippen molar-refractivity contribution in [2.24, 2.45) is 16.7 Å². The van der Waals surface area contributed by atoms with E-state index >= 15 is 0 Å². The lowest BCUT2D eigenvalue weighted by Crippen LogP contribution is -2.48. The second-order valence-corrected chi connectivity index (χ2v) is 12.7. The first kappa shape index (κ1) is 35.5. The van der Waals surface area contributed by atoms with Crippen molar-refractivity contribution in [2.75, 3.05) is 20.1 Å². The average molecular weight is 639 g/mol. The lowest BCUT2D eigenvalue weighted by Gasteiger charge is -2.44. The van der Waals surface area contributed by atoms with Gasteiger partial charge >= 0.3 is 12.1 Å². The molecule has 2 N–H and O–H groups in total. The number of benzene rings is 1. The number of amides is 1. The highest BCUT2D eigenvalue weighted by Gasteiger charge is 2.48. The van der Waals surface area contributed by atoms with E-state index in [2.05, 4.69) is 0 Å². The lowest BCUT2D eigenvalue weighted by atomic mass is 9.66. The molecule has 1 fully saturated rings. The summed E-state index contributed by atoms with van der Waals surface area (Å²) in [7, 11) is 1.17. The van der Waals surface area contributed by atoms with Gasteiger partial charge in [-0.1, -0.05) is 50.9 Å². The van der Waals surface area contributed by atoms with E-state index in [0.717, 1.165) is 21.9 Å². The SMILES string of the molecule is CCC(C)(C)CN(CC(=O)c1c(Cl)cc(F)cc1Cl)C(=O)/C(C=N)=C(/N(C)C1CCC(C)(C(=O)O)[C@H](C)C1)C(F)(F)F. The predicted octanol–water partition coefficient (Wildman–Crippen LogP) is 7.26. The topological polar surface area (TPSA) is 102 Å². The van der Waals surface area contributed by atoms with Gasteiger partial charge in [0.05, 0.1) is 33.1 Å². The minimum atomic E-state index is -5.06. The van der Waals surface area contributed by atoms with Crippen molar-refractivity contribution in [3.8, 4) is 0 Å². The first-order chi connectivity index (χ1) is 19.2. The number of halogens is 6. The van der Waals surface area contributed by atoms with Crippen molar-refractivity contribution in [1.82, 2.24) is 9.80 Å². The number of carboxylic acid groups (broad SMARTS) is 1. The summed E-state index contributed by atoms with van der Waals surface area (Å²) >= 11 is 12.1. The number of allylic oxidation sites excluding steroid dienone is 1. The van der Waals surface area contributed by atoms with Crippen LogP contribution in [0.15, 0.2) is 23.4 Å². The molecule has 1 aliphatic carbocycles. The summed E-state index contributed by atoms with van der Waals surface area (Å²) in [4.78, 5) is 40.7. The Morgan fingerprint density at radius 3 is 2.17 bits per heavy atom. The minimum Gasteiger partial charge on any atom is -0.481 e. The summed E-state index contributed by atoms with van der Waals surface area (Å²) in [6, 6.07) is 0.970. The highest BCUT2D eigenvalue weighted by atomic mass is 35.5. The molecule has 0 spiro atoms. The Bertz CT molecular complexity index is 1240. The van der Waals surface area contributed by atoms with Crippen LogP contribution in [0.2, 0.25) is 10.0 Å². The number of carbonyl (C=O) groups excluding carboxylic acids is 2. The van der Waals surface area contributed by atoms with E-state index in [4.69, 9.17) is 28.6 Å². The van der Waals surface area contributed by atoms with Crippen LogP contribution in [0.4, 0.5) is 17.6 Å². The molecule has 0 aliphatic heterocycles. The van der Waals surface area contributed by atoms with E-state index in [1.54, 1.807) is 27.7 Å². The third-order valence-electron chi connectivity index (χ3n) is 8.48. The average Bonchev–Trinajstić information content (AvgIpc) is 2.86. The van der Waals surface area contributed by atoms with E-state index in [0.29, 0.717) is 12.6 Å². The van der Waals surface area contributed by atoms with Crippen molar-refractivity contribution in [3.63, 3.8) is 0 Å². The van der Waals surface area contributed by atoms with Crippen molar-refractivity contribution in [1.29, 1.82) is 5.41 Å². The van der Waals surface area contributed by atoms with Crippen LogP contribution in [0, 0.1) is 28.0 Å². The molecule has 0 heterocycles. The van der Waals surface area contributed by atoms with Gasteiger partial charge in [0.25, 0.3) is 5.91 Å². The zero-order valence-electron chi connectivity index (χ0n) is 24.5. The molecular weight excluding hydrogens is 601 g/mol. The van der Waals surface area contributed by atoms with Crippen molar-refractivity contribution >= 4 is 47.1 Å². The van der Waals surface area contributed by atoms with Gasteiger partial charge in [0.15, 0.2) is 5.78 Å². The largest absolute Gasteiger partial charge is 0.481 e. The highest BCUT2D eigenvalue weighted by Crippen LogP contribution is 2.44. The van der Waals surface area contributed by atoms with Crippen LogP contribution in [0.5, 0.6) is 0 Å². The molecule has 2 rings (SSSR count). The number of hydrogen-bond acceptors (Lipinski definition) is 5. The summed E-state index contributed by atoms with van der Waals surface area (Å²) in [5.41, 5.74) is -4.35. The van der Waals surface area contributed by atoms with Crippen LogP contribution in [0.3, 0.4) is 0 Å². The number of alkyl halides is 3. The predicted molar refractivity (Wildman–Crippen MR) is 154 cm³/mol. The summed E-state index contributed by atoms with van der Waals surface area (Å²) in [6.07, 6.45) is -3.87. The Morgan fingerprint density at radius 1 is 1.19 bits per heavy atom. The molecule has 0 aromatic heterocycles. The third-order valence-corrected chi connectivity index (χ3v) is 9.08. The fraction of sp³-hybridized carbons (Fsp3) is 0.586. The Hall–Kier alpha value is -2.66. The fourth-order valence-corrected chi connectivity index (χ4v) is 5.86. The molecule has 1 amide bonds. The van der Waals surface area contributed by atoms with Crippen molar-refractivity contribution in [3.05, 3.63) is 44.8 Å². The van der Waals surface area contributed by atoms with E-state index in [1.165, 1.54) is 7.05 Å². The number of carboxylic acids is 1. The third kappa shape index (κ3) is 7.83. The van der Waals surface area contributed by atoms with Gasteiger partial charge in [-0.25, -0.2) is 4.39 Å². The van der Waals surface area contributed by atoms with E-state index in [9.17, 15) is 37.1 Å². The summed E-state index contributed by atoms with van der Waals surface area (Å²) in [5.74, 6) is -4.31. The number of ketones is 1. The smallest absolute Gasteiger partial charge is 0.431 e. The maximum Gasteiger partial charge on any atom is 0.431 e. The van der Waals surface area contributed by atoms with Crippen LogP contribution in [-0.4, -0.2) is 71.1 Å². The van der Waals surface area contributed by atoms with Gasteiger partial charge in [-0.2, -0.15) is 13.2 Å². The molecule has 234 valence electrons. The standard InChI is InChI=1S/C29H37Cl2F4N3O4/c1-7-27(3,4)15-38(14-22(39)23-20(30)11-17(32)12-21(23)31)25(40)19(13-36)24(29(33,34)35)37(6)18-8-9-28(5,26(41)42)16(2)10-18/h11-13,16,18,36H,7-10,14-15H2,1-6H3,(H,41,42)/b24-19+,36-13?/t16-,18?,28?/m1/s1. The Kier molecular flexibility index (Phi) is 11.3. The normalized spacial score (nSPS) is 21.8. The number of aliphatic carboxylic acids is 1. The molecule has 2 unspecified atom stereocenters. The van der Waals surface area contributed by atoms with E-state index in [1.807, 2.05) is 6.92 Å². The lowest BCUT2D eigenvalue weighted by molar-refractivity contribution is -0.155. The zero-order chi connectivity index (χ0) is 32.4. The second kappa shape index (κ2) is 13.3. The molecule has 0 bridgehead atoms. The van der Waals surface area contributed by atoms with E-state index < -0.39 is 70.3 Å². The Labute approximate surface area is 253 Å². The fourth-order valence-electron chi connectivity index (χ4n) is 5.18. The molecule has 0 radical (unpaired) electrons. The van der Waals surface area contributed by atoms with Crippen LogP contribution < -0.4 is 0 Å². The van der Waals surface area contributed by atoms with Gasteiger partial charge in [-0.05, 0) is 56.1 Å². The number of nitrogens with one attached hydrogen (secondary N) is 1. The minimum absolute atomic E-state index is 0.116. The number of hydrogen-bond donors (Lipinski definition) is 2. The maximum absolute atomic E-state index is 14.6. The summed E-state index contributed by atoms with van der Waals surface area (Å²) in [5, 5.41) is 16.9. The first-order valence-corrected chi connectivity index (χ1v) is 14.2. The van der Waals surface area contributed by atoms with Gasteiger partial charge in [-0.3, -0.25) is 14.4 Å². The Morgan fingerprint density at radius 2 is 1.74 bits per heavy atom. The number of Topliss-reactive ketones (excluding diaryl/α,β-unsaturated/α-hetero) is 1. The van der Waals surface area contributed by atoms with Gasteiger partial charge in [0.2, 0.25) is 0 Å². The molecule has 7 nitrogen and oxygen atoms in total. The highest BCUT2D eigenvalue weighted by molar-refractivity contribution is 6.40. The summed E-state index contributed by atoms with van der Waals surface area (Å²) < 4.78 is 57.6. The molecule has 0 saturated heterocycles. The monoisotopic (exact) mass is 637 g/mol. The van der Waals surface area contributed by atoms with Gasteiger partial charge in [-0.15, -0.1) is 0 Å². The number of carbonyl (C=O) groups is 3. The Balaban J connectivity index is 2.59. The molecule has 1 saturated carbocycles. The van der Waals surface area contributed by atoms with Crippen LogP contribution in [0.1, 0.15) is 70.7 Å². The number of rotatable bonds is 11. The van der Waals surface area contributed by atoms with Crippen LogP contribution in [0.25, 0.3) is 0 Å². The molecule has 1 aromatic rings. The van der Waals surface area contributed by atoms with Gasteiger partial charge < -0.3 is 20.3 Å². The molecule has 13 heteroatoms. The van der Waals surface area contributed by atoms with Gasteiger partial charge in [0.1, 0.15) is 11.5 Å². The maximum atomic E-state index is 14.6. The quantitative estimate of drug-likeness (QED) is 0.115. The van der Waals surface area contributed by atoms with Crippen molar-refractivity contribution < 1.29 is 37.1 Å². The molecule has 1 aliphatic rings. The number of nitrogens with zero attached hydrogens (tertiary/aromatic N) is 2. The summed E-state index contributed by atoms with van der Waals surface area (Å²) in [6.45, 7) is 7.71. The molecule has 1 aromatic carbocycles. The molecule has 42 heavy (non-hydrogen) atoms. The van der Waals surface area contributed by atoms with Gasteiger partial charge in [0, 0.05) is 25.8 Å². The van der Waals surface area contributed by atoms with Crippen molar-refractivity contribution in [2.45, 2.75) is 72.5 Å². The van der Waals surface area contributed by atoms with Crippen LogP contribution in [-0.2, 0) is 9.59 Å². The van der Waals surface area contributed by atoms with E-state index in [-0.39, 0.29) is 41.4 Å². The zero-order valence-corrected chi connectivity index (χ0v) is 26.0. The molecule has 3 atom stereocenters. The first-order valence-electron chi connectivity index (χ1n) is 13.4.